The van der Waals surface area contributed by atoms with Crippen molar-refractivity contribution in [1.82, 2.24) is 29.8 Å². The molecule has 4 rings (SSSR count). The quantitative estimate of drug-likeness (QED) is 0.422. The van der Waals surface area contributed by atoms with Gasteiger partial charge in [-0.2, -0.15) is 0 Å². The Hall–Kier alpha value is -3.43. The van der Waals surface area contributed by atoms with Crippen LogP contribution < -0.4 is 21.9 Å². The van der Waals surface area contributed by atoms with Crippen molar-refractivity contribution in [2.24, 2.45) is 0 Å². The van der Waals surface area contributed by atoms with Gasteiger partial charge in [0, 0.05) is 31.2 Å². The highest BCUT2D eigenvalue weighted by Crippen LogP contribution is 2.24. The molecule has 0 unspecified atom stereocenters. The van der Waals surface area contributed by atoms with Crippen LogP contribution in [-0.4, -0.2) is 38.7 Å². The number of nitrogens with zero attached hydrogens (tertiary/aromatic N) is 4. The number of rotatable bonds is 6. The average molecular weight is 440 g/mol. The normalized spacial score (nSPS) is 12.4. The Morgan fingerprint density at radius 3 is 2.90 bits per heavy atom. The van der Waals surface area contributed by atoms with E-state index in [9.17, 15) is 9.59 Å². The molecule has 0 saturated carbocycles. The maximum absolute atomic E-state index is 13.2. The molecule has 10 heteroatoms. The van der Waals surface area contributed by atoms with Crippen LogP contribution in [0.1, 0.15) is 29.0 Å². The zero-order valence-electron chi connectivity index (χ0n) is 17.1. The van der Waals surface area contributed by atoms with E-state index in [1.165, 1.54) is 4.52 Å². The number of carbonyl (C=O) groups is 1. The number of benzene rings is 1. The van der Waals surface area contributed by atoms with Gasteiger partial charge in [-0.1, -0.05) is 23.7 Å². The largest absolute Gasteiger partial charge is 0.381 e. The van der Waals surface area contributed by atoms with Crippen molar-refractivity contribution in [1.29, 1.82) is 0 Å². The van der Waals surface area contributed by atoms with Crippen molar-refractivity contribution < 1.29 is 4.79 Å². The Morgan fingerprint density at radius 2 is 2.13 bits per heavy atom. The number of nitrogens with two attached hydrogens (primary N) is 1. The van der Waals surface area contributed by atoms with Crippen LogP contribution in [0.15, 0.2) is 47.5 Å². The summed E-state index contributed by atoms with van der Waals surface area (Å²) in [5.74, 6) is -0.334. The molecule has 4 N–H and O–H groups in total. The highest BCUT2D eigenvalue weighted by molar-refractivity contribution is 6.35. The topological polar surface area (TPSA) is 119 Å². The van der Waals surface area contributed by atoms with E-state index < -0.39 is 11.9 Å². The number of pyridine rings is 1. The molecular formula is C21H22ClN7O2. The fraction of sp³-hybridized carbons (Fsp3) is 0.238. The van der Waals surface area contributed by atoms with Gasteiger partial charge in [0.1, 0.15) is 5.56 Å². The lowest BCUT2D eigenvalue weighted by Gasteiger charge is -2.21. The number of carbonyl (C=O) groups excluding carboxylic acids is 1. The summed E-state index contributed by atoms with van der Waals surface area (Å²) in [5, 5.41) is 11.7. The Balaban J connectivity index is 1.76. The number of nitrogen functional groups attached to an aromatic ring is 1. The molecule has 31 heavy (non-hydrogen) atoms. The summed E-state index contributed by atoms with van der Waals surface area (Å²) in [6.07, 6.45) is 3.24. The Morgan fingerprint density at radius 1 is 1.32 bits per heavy atom. The number of aromatic nitrogens is 4. The first kappa shape index (κ1) is 20.8. The van der Waals surface area contributed by atoms with Crippen LogP contribution in [0, 0.1) is 0 Å². The van der Waals surface area contributed by atoms with Crippen LogP contribution in [0.2, 0.25) is 5.02 Å². The van der Waals surface area contributed by atoms with E-state index in [-0.39, 0.29) is 16.9 Å². The maximum atomic E-state index is 13.2. The molecule has 0 aliphatic rings. The lowest BCUT2D eigenvalue weighted by atomic mass is 10.1. The summed E-state index contributed by atoms with van der Waals surface area (Å²) in [6, 6.07) is 8.40. The van der Waals surface area contributed by atoms with Crippen LogP contribution in [0.25, 0.3) is 16.4 Å². The predicted octanol–water partition coefficient (Wildman–Crippen LogP) is 1.99. The van der Waals surface area contributed by atoms with Crippen LogP contribution in [0.3, 0.4) is 0 Å². The number of halogens is 1. The van der Waals surface area contributed by atoms with Crippen molar-refractivity contribution in [3.05, 3.63) is 69.4 Å². The molecule has 1 aromatic carbocycles. The smallest absolute Gasteiger partial charge is 0.260 e. The summed E-state index contributed by atoms with van der Waals surface area (Å²) in [7, 11) is 1.81. The number of nitrogens with one attached hydrogen (secondary N) is 2. The zero-order chi connectivity index (χ0) is 22.1. The molecule has 0 saturated heterocycles. The maximum Gasteiger partial charge on any atom is 0.260 e. The van der Waals surface area contributed by atoms with Crippen molar-refractivity contribution in [3.8, 4) is 0 Å². The number of likely N-dealkylation sites (N-methyl/N-ethyl adjacent to an activating group) is 1. The van der Waals surface area contributed by atoms with Gasteiger partial charge < -0.3 is 20.9 Å². The number of amides is 1. The lowest BCUT2D eigenvalue weighted by molar-refractivity contribution is 0.0940. The molecule has 0 radical (unpaired) electrons. The average Bonchev–Trinajstić information content (AvgIpc) is 3.08. The summed E-state index contributed by atoms with van der Waals surface area (Å²) in [4.78, 5) is 30.5. The second-order valence-corrected chi connectivity index (χ2v) is 7.58. The summed E-state index contributed by atoms with van der Waals surface area (Å²) in [5.41, 5.74) is 6.98. The van der Waals surface area contributed by atoms with Crippen LogP contribution >= 0.6 is 11.6 Å². The molecule has 0 fully saturated rings. The van der Waals surface area contributed by atoms with Gasteiger partial charge in [-0.3, -0.25) is 9.59 Å². The highest BCUT2D eigenvalue weighted by Gasteiger charge is 2.23. The third kappa shape index (κ3) is 3.73. The third-order valence-electron chi connectivity index (χ3n) is 5.15. The second kappa shape index (κ2) is 8.37. The third-order valence-corrected chi connectivity index (χ3v) is 5.46. The van der Waals surface area contributed by atoms with E-state index in [4.69, 9.17) is 17.3 Å². The zero-order valence-corrected chi connectivity index (χ0v) is 17.8. The van der Waals surface area contributed by atoms with Gasteiger partial charge in [0.15, 0.2) is 11.5 Å². The monoisotopic (exact) mass is 439 g/mol. The fourth-order valence-corrected chi connectivity index (χ4v) is 3.92. The first-order chi connectivity index (χ1) is 14.9. The first-order valence-corrected chi connectivity index (χ1v) is 10.2. The molecule has 9 nitrogen and oxygen atoms in total. The molecule has 0 bridgehead atoms. The van der Waals surface area contributed by atoms with Gasteiger partial charge >= 0.3 is 0 Å². The molecule has 4 aromatic rings. The summed E-state index contributed by atoms with van der Waals surface area (Å²) >= 11 is 6.30. The van der Waals surface area contributed by atoms with Gasteiger partial charge in [0.05, 0.1) is 16.5 Å². The van der Waals surface area contributed by atoms with Gasteiger partial charge in [0.2, 0.25) is 0 Å². The fourth-order valence-electron chi connectivity index (χ4n) is 3.65. The van der Waals surface area contributed by atoms with Gasteiger partial charge in [-0.15, -0.1) is 5.10 Å². The molecule has 3 aromatic heterocycles. The second-order valence-electron chi connectivity index (χ2n) is 7.18. The first-order valence-electron chi connectivity index (χ1n) is 9.78. The Kier molecular flexibility index (Phi) is 5.62. The van der Waals surface area contributed by atoms with E-state index in [1.807, 2.05) is 26.1 Å². The predicted molar refractivity (Wildman–Crippen MR) is 120 cm³/mol. The summed E-state index contributed by atoms with van der Waals surface area (Å²) in [6.45, 7) is 2.81. The SMILES string of the molecule is CNCCn1c([C@H](C)NC(=O)c2c(N)nn3cccnc23)cc2cccc(Cl)c2c1=O. The van der Waals surface area contributed by atoms with Crippen LogP contribution in [-0.2, 0) is 6.54 Å². The molecule has 1 amide bonds. The van der Waals surface area contributed by atoms with E-state index in [0.29, 0.717) is 40.2 Å². The Bertz CT molecular complexity index is 1350. The van der Waals surface area contributed by atoms with Crippen molar-refractivity contribution in [2.45, 2.75) is 19.5 Å². The number of fused-ring (bicyclic) bond motifs is 2. The molecule has 0 spiro atoms. The van der Waals surface area contributed by atoms with Crippen molar-refractivity contribution in [2.75, 3.05) is 19.3 Å². The summed E-state index contributed by atoms with van der Waals surface area (Å²) < 4.78 is 3.09. The molecule has 0 aliphatic heterocycles. The number of anilines is 1. The van der Waals surface area contributed by atoms with E-state index in [1.54, 1.807) is 35.2 Å². The van der Waals surface area contributed by atoms with Crippen LogP contribution in [0.4, 0.5) is 5.82 Å². The van der Waals surface area contributed by atoms with Gasteiger partial charge in [0.25, 0.3) is 11.5 Å². The van der Waals surface area contributed by atoms with Crippen LogP contribution in [0.5, 0.6) is 0 Å². The van der Waals surface area contributed by atoms with Gasteiger partial charge in [-0.25, -0.2) is 9.50 Å². The molecule has 3 heterocycles. The molecule has 0 aliphatic carbocycles. The Labute approximate surface area is 182 Å². The minimum atomic E-state index is -0.488. The number of hydrogen-bond acceptors (Lipinski definition) is 6. The molecular weight excluding hydrogens is 418 g/mol. The van der Waals surface area contributed by atoms with Gasteiger partial charge in [-0.05, 0) is 37.6 Å². The van der Waals surface area contributed by atoms with E-state index in [0.717, 1.165) is 0 Å². The minimum Gasteiger partial charge on any atom is -0.381 e. The standard InChI is InChI=1S/C21H22ClN7O2/c1-12(26-20(30)17-18(23)27-29-9-4-7-25-19(17)29)15-11-13-5-3-6-14(22)16(13)21(31)28(15)10-8-24-2/h3-7,9,11-12,24H,8,10H2,1-2H3,(H2,23,27)(H,26,30)/t12-/m0/s1. The number of hydrogen-bond donors (Lipinski definition) is 3. The van der Waals surface area contributed by atoms with E-state index in [2.05, 4.69) is 20.7 Å². The lowest BCUT2D eigenvalue weighted by Crippen LogP contribution is -2.34. The van der Waals surface area contributed by atoms with Crippen molar-refractivity contribution >= 4 is 39.7 Å². The van der Waals surface area contributed by atoms with E-state index >= 15 is 0 Å². The van der Waals surface area contributed by atoms with Crippen molar-refractivity contribution in [3.63, 3.8) is 0 Å². The molecule has 1 atom stereocenters. The molecule has 160 valence electrons. The minimum absolute atomic E-state index is 0.0845. The highest BCUT2D eigenvalue weighted by atomic mass is 35.5.